The van der Waals surface area contributed by atoms with E-state index in [1.54, 1.807) is 34.1 Å². The Labute approximate surface area is 157 Å². The number of carbonyl (C=O) groups excluding carboxylic acids is 2. The molecule has 0 spiro atoms. The molecular formula is C20H23N3O4. The first-order valence-corrected chi connectivity index (χ1v) is 9.24. The third kappa shape index (κ3) is 3.74. The molecule has 0 saturated carbocycles. The highest BCUT2D eigenvalue weighted by molar-refractivity contribution is 5.96. The van der Waals surface area contributed by atoms with Crippen LogP contribution in [0.5, 0.6) is 0 Å². The van der Waals surface area contributed by atoms with Gasteiger partial charge in [-0.15, -0.1) is 0 Å². The van der Waals surface area contributed by atoms with Gasteiger partial charge in [0.05, 0.1) is 13.2 Å². The van der Waals surface area contributed by atoms with Gasteiger partial charge in [0.15, 0.2) is 5.76 Å². The van der Waals surface area contributed by atoms with Crippen molar-refractivity contribution in [2.75, 3.05) is 39.4 Å². The molecule has 2 saturated heterocycles. The van der Waals surface area contributed by atoms with E-state index < -0.39 is 0 Å². The number of rotatable bonds is 3. The molecule has 1 unspecified atom stereocenters. The zero-order chi connectivity index (χ0) is 18.8. The number of carbonyl (C=O) groups is 2. The van der Waals surface area contributed by atoms with Crippen LogP contribution in [0.3, 0.4) is 0 Å². The largest absolute Gasteiger partial charge is 0.451 e. The second-order valence-corrected chi connectivity index (χ2v) is 6.95. The van der Waals surface area contributed by atoms with Crippen LogP contribution in [0.15, 0.2) is 40.8 Å². The van der Waals surface area contributed by atoms with Gasteiger partial charge in [-0.25, -0.2) is 0 Å². The summed E-state index contributed by atoms with van der Waals surface area (Å²) in [6.07, 6.45) is 0.830. The number of hydrogen-bond donors (Lipinski definition) is 1. The van der Waals surface area contributed by atoms with Crippen molar-refractivity contribution >= 4 is 11.8 Å². The minimum atomic E-state index is -0.136. The van der Waals surface area contributed by atoms with Gasteiger partial charge in [0.1, 0.15) is 5.76 Å². The van der Waals surface area contributed by atoms with Crippen molar-refractivity contribution in [2.24, 2.45) is 5.73 Å². The molecule has 2 fully saturated rings. The summed E-state index contributed by atoms with van der Waals surface area (Å²) >= 11 is 0. The van der Waals surface area contributed by atoms with E-state index in [-0.39, 0.29) is 17.9 Å². The summed E-state index contributed by atoms with van der Waals surface area (Å²) in [5.74, 6) is 0.706. The molecule has 2 aliphatic rings. The molecular weight excluding hydrogens is 346 g/mol. The molecule has 2 aliphatic heterocycles. The van der Waals surface area contributed by atoms with E-state index in [0.29, 0.717) is 56.5 Å². The lowest BCUT2D eigenvalue weighted by Gasteiger charge is -2.25. The summed E-state index contributed by atoms with van der Waals surface area (Å²) < 4.78 is 11.1. The Kier molecular flexibility index (Phi) is 4.96. The molecule has 0 radical (unpaired) electrons. The van der Waals surface area contributed by atoms with E-state index in [0.717, 1.165) is 12.0 Å². The Balaban J connectivity index is 1.51. The van der Waals surface area contributed by atoms with Crippen LogP contribution in [0.25, 0.3) is 11.3 Å². The fraction of sp³-hybridized carbons (Fsp3) is 0.400. The average molecular weight is 369 g/mol. The van der Waals surface area contributed by atoms with E-state index in [2.05, 4.69) is 0 Å². The van der Waals surface area contributed by atoms with Gasteiger partial charge in [-0.3, -0.25) is 9.59 Å². The van der Waals surface area contributed by atoms with Gasteiger partial charge in [-0.1, -0.05) is 12.1 Å². The molecule has 7 heteroatoms. The van der Waals surface area contributed by atoms with Gasteiger partial charge < -0.3 is 24.7 Å². The summed E-state index contributed by atoms with van der Waals surface area (Å²) in [5.41, 5.74) is 7.27. The molecule has 0 bridgehead atoms. The Morgan fingerprint density at radius 3 is 2.56 bits per heavy atom. The molecule has 1 aromatic heterocycles. The Bertz CT molecular complexity index is 841. The van der Waals surface area contributed by atoms with Crippen molar-refractivity contribution in [3.63, 3.8) is 0 Å². The standard InChI is InChI=1S/C20H23N3O4/c21-16-6-7-23(13-16)19(24)15-3-1-2-14(12-15)17-4-5-18(27-17)20(25)22-8-10-26-11-9-22/h1-5,12,16H,6-11,13,21H2. The van der Waals surface area contributed by atoms with Crippen molar-refractivity contribution in [3.8, 4) is 11.3 Å². The maximum atomic E-state index is 12.7. The highest BCUT2D eigenvalue weighted by Gasteiger charge is 2.25. The fourth-order valence-electron chi connectivity index (χ4n) is 3.49. The van der Waals surface area contributed by atoms with Crippen molar-refractivity contribution < 1.29 is 18.7 Å². The van der Waals surface area contributed by atoms with Crippen molar-refractivity contribution in [3.05, 3.63) is 47.7 Å². The third-order valence-corrected chi connectivity index (χ3v) is 5.02. The zero-order valence-electron chi connectivity index (χ0n) is 15.1. The lowest BCUT2D eigenvalue weighted by molar-refractivity contribution is 0.0283. The van der Waals surface area contributed by atoms with Crippen LogP contribution in [0.1, 0.15) is 27.3 Å². The summed E-state index contributed by atoms with van der Waals surface area (Å²) in [7, 11) is 0. The number of ether oxygens (including phenoxy) is 1. The van der Waals surface area contributed by atoms with Gasteiger partial charge in [0.25, 0.3) is 11.8 Å². The highest BCUT2D eigenvalue weighted by atomic mass is 16.5. The van der Waals surface area contributed by atoms with Crippen molar-refractivity contribution in [1.29, 1.82) is 0 Å². The van der Waals surface area contributed by atoms with E-state index in [9.17, 15) is 9.59 Å². The minimum Gasteiger partial charge on any atom is -0.451 e. The van der Waals surface area contributed by atoms with Crippen LogP contribution in [0, 0.1) is 0 Å². The molecule has 0 aliphatic carbocycles. The Morgan fingerprint density at radius 1 is 1.00 bits per heavy atom. The molecule has 27 heavy (non-hydrogen) atoms. The topological polar surface area (TPSA) is 89.0 Å². The van der Waals surface area contributed by atoms with Gasteiger partial charge >= 0.3 is 0 Å². The number of hydrogen-bond acceptors (Lipinski definition) is 5. The maximum absolute atomic E-state index is 12.7. The molecule has 1 aromatic carbocycles. The van der Waals surface area contributed by atoms with E-state index in [1.165, 1.54) is 0 Å². The molecule has 2 aromatic rings. The van der Waals surface area contributed by atoms with Gasteiger partial charge in [-0.2, -0.15) is 0 Å². The predicted molar refractivity (Wildman–Crippen MR) is 99.4 cm³/mol. The summed E-state index contributed by atoms with van der Waals surface area (Å²) in [4.78, 5) is 28.7. The molecule has 7 nitrogen and oxygen atoms in total. The highest BCUT2D eigenvalue weighted by Crippen LogP contribution is 2.25. The third-order valence-electron chi connectivity index (χ3n) is 5.02. The minimum absolute atomic E-state index is 0.0269. The fourth-order valence-corrected chi connectivity index (χ4v) is 3.49. The first kappa shape index (κ1) is 17.8. The van der Waals surface area contributed by atoms with Crippen LogP contribution in [-0.4, -0.2) is 67.0 Å². The SMILES string of the molecule is NC1CCN(C(=O)c2cccc(-c3ccc(C(=O)N4CCOCC4)o3)c2)C1. The Morgan fingerprint density at radius 2 is 1.81 bits per heavy atom. The van der Waals surface area contributed by atoms with Crippen LogP contribution < -0.4 is 5.73 Å². The number of likely N-dealkylation sites (tertiary alicyclic amines) is 1. The molecule has 2 amide bonds. The van der Waals surface area contributed by atoms with Crippen LogP contribution in [0.4, 0.5) is 0 Å². The first-order chi connectivity index (χ1) is 13.1. The smallest absolute Gasteiger partial charge is 0.289 e. The van der Waals surface area contributed by atoms with Gasteiger partial charge in [0.2, 0.25) is 0 Å². The van der Waals surface area contributed by atoms with Crippen molar-refractivity contribution in [2.45, 2.75) is 12.5 Å². The summed E-state index contributed by atoms with van der Waals surface area (Å²) in [6.45, 7) is 3.49. The number of nitrogens with two attached hydrogens (primary N) is 1. The van der Waals surface area contributed by atoms with Crippen molar-refractivity contribution in [1.82, 2.24) is 9.80 Å². The normalized spacial score (nSPS) is 20.1. The molecule has 4 rings (SSSR count). The quantitative estimate of drug-likeness (QED) is 0.888. The molecule has 2 N–H and O–H groups in total. The summed E-state index contributed by atoms with van der Waals surface area (Å²) in [5, 5.41) is 0. The molecule has 142 valence electrons. The van der Waals surface area contributed by atoms with Crippen LogP contribution in [-0.2, 0) is 4.74 Å². The average Bonchev–Trinajstić information content (AvgIpc) is 3.37. The van der Waals surface area contributed by atoms with Gasteiger partial charge in [-0.05, 0) is 30.7 Å². The first-order valence-electron chi connectivity index (χ1n) is 9.24. The van der Waals surface area contributed by atoms with Crippen LogP contribution >= 0.6 is 0 Å². The lowest BCUT2D eigenvalue weighted by Crippen LogP contribution is -2.40. The summed E-state index contributed by atoms with van der Waals surface area (Å²) in [6, 6.07) is 10.8. The number of morpholine rings is 1. The van der Waals surface area contributed by atoms with Gasteiger partial charge in [0, 0.05) is 43.3 Å². The second kappa shape index (κ2) is 7.54. The number of furan rings is 1. The zero-order valence-corrected chi connectivity index (χ0v) is 15.1. The molecule has 3 heterocycles. The molecule has 1 atom stereocenters. The monoisotopic (exact) mass is 369 g/mol. The van der Waals surface area contributed by atoms with Crippen LogP contribution in [0.2, 0.25) is 0 Å². The lowest BCUT2D eigenvalue weighted by atomic mass is 10.1. The van der Waals surface area contributed by atoms with E-state index in [1.807, 2.05) is 12.1 Å². The number of benzene rings is 1. The Hall–Kier alpha value is -2.64. The van der Waals surface area contributed by atoms with E-state index >= 15 is 0 Å². The maximum Gasteiger partial charge on any atom is 0.289 e. The van der Waals surface area contributed by atoms with E-state index in [4.69, 9.17) is 14.9 Å². The predicted octanol–water partition coefficient (Wildman–Crippen LogP) is 1.59. The number of amides is 2. The number of nitrogens with zero attached hydrogens (tertiary/aromatic N) is 2. The second-order valence-electron chi connectivity index (χ2n) is 6.95.